The summed E-state index contributed by atoms with van der Waals surface area (Å²) >= 11 is 0. The molecule has 0 radical (unpaired) electrons. The lowest BCUT2D eigenvalue weighted by atomic mass is 10.1. The van der Waals surface area contributed by atoms with Crippen LogP contribution in [-0.4, -0.2) is 26.8 Å². The van der Waals surface area contributed by atoms with E-state index in [1.807, 2.05) is 0 Å². The minimum Gasteiger partial charge on any atom is -0.396 e. The number of aliphatic hydroxyl groups is 1. The summed E-state index contributed by atoms with van der Waals surface area (Å²) in [5, 5.41) is 23.4. The minimum absolute atomic E-state index is 0.106. The van der Waals surface area contributed by atoms with Crippen molar-refractivity contribution in [3.8, 4) is 11.4 Å². The summed E-state index contributed by atoms with van der Waals surface area (Å²) < 4.78 is 4.95. The van der Waals surface area contributed by atoms with E-state index in [9.17, 15) is 10.1 Å². The van der Waals surface area contributed by atoms with Crippen LogP contribution in [0.15, 0.2) is 28.8 Å². The number of rotatable bonds is 5. The lowest BCUT2D eigenvalue weighted by Gasteiger charge is -2.01. The standard InChI is InChI=1S/C11H12N4O4/c12-8(5-6-16)11-13-10(14-19-11)7-3-1-2-4-9(7)15(17)18/h1-4,8,16H,5-6,12H2. The Labute approximate surface area is 108 Å². The van der Waals surface area contributed by atoms with E-state index in [4.69, 9.17) is 15.4 Å². The van der Waals surface area contributed by atoms with E-state index in [2.05, 4.69) is 10.1 Å². The van der Waals surface area contributed by atoms with Crippen LogP contribution in [0.5, 0.6) is 0 Å². The highest BCUT2D eigenvalue weighted by Gasteiger charge is 2.21. The average Bonchev–Trinajstić information content (AvgIpc) is 2.88. The van der Waals surface area contributed by atoms with Gasteiger partial charge in [-0.15, -0.1) is 0 Å². The predicted molar refractivity (Wildman–Crippen MR) is 65.0 cm³/mol. The summed E-state index contributed by atoms with van der Waals surface area (Å²) in [4.78, 5) is 14.4. The number of hydrogen-bond donors (Lipinski definition) is 2. The lowest BCUT2D eigenvalue weighted by Crippen LogP contribution is -2.12. The summed E-state index contributed by atoms with van der Waals surface area (Å²) in [6.45, 7) is -0.107. The van der Waals surface area contributed by atoms with E-state index in [0.29, 0.717) is 0 Å². The minimum atomic E-state index is -0.589. The highest BCUT2D eigenvalue weighted by Crippen LogP contribution is 2.27. The van der Waals surface area contributed by atoms with Gasteiger partial charge in [-0.25, -0.2) is 0 Å². The van der Waals surface area contributed by atoms with Crippen LogP contribution < -0.4 is 5.73 Å². The maximum Gasteiger partial charge on any atom is 0.280 e. The summed E-state index contributed by atoms with van der Waals surface area (Å²) in [5.41, 5.74) is 5.86. The molecule has 0 saturated heterocycles. The van der Waals surface area contributed by atoms with Crippen molar-refractivity contribution >= 4 is 5.69 Å². The second kappa shape index (κ2) is 5.55. The Bertz CT molecular complexity index is 584. The summed E-state index contributed by atoms with van der Waals surface area (Å²) in [6.07, 6.45) is 0.276. The maximum atomic E-state index is 10.9. The Hall–Kier alpha value is -2.32. The number of nitro groups is 1. The van der Waals surface area contributed by atoms with Gasteiger partial charge in [0.15, 0.2) is 0 Å². The average molecular weight is 264 g/mol. The van der Waals surface area contributed by atoms with Crippen LogP contribution in [0.1, 0.15) is 18.4 Å². The fourth-order valence-electron chi connectivity index (χ4n) is 1.58. The molecule has 2 aromatic rings. The number of aromatic nitrogens is 2. The number of nitrogens with zero attached hydrogens (tertiary/aromatic N) is 3. The number of aliphatic hydroxyl groups excluding tert-OH is 1. The van der Waals surface area contributed by atoms with Crippen LogP contribution in [-0.2, 0) is 0 Å². The molecule has 100 valence electrons. The van der Waals surface area contributed by atoms with Gasteiger partial charge in [0.05, 0.1) is 11.0 Å². The molecular weight excluding hydrogens is 252 g/mol. The number of benzene rings is 1. The Balaban J connectivity index is 2.35. The predicted octanol–water partition coefficient (Wildman–Crippen LogP) is 1.03. The fraction of sp³-hybridized carbons (Fsp3) is 0.273. The van der Waals surface area contributed by atoms with Gasteiger partial charge in [-0.3, -0.25) is 10.1 Å². The van der Waals surface area contributed by atoms with E-state index in [0.717, 1.165) is 0 Å². The largest absolute Gasteiger partial charge is 0.396 e. The fourth-order valence-corrected chi connectivity index (χ4v) is 1.58. The third-order valence-corrected chi connectivity index (χ3v) is 2.54. The van der Waals surface area contributed by atoms with Gasteiger partial charge in [-0.05, 0) is 12.5 Å². The summed E-state index contributed by atoms with van der Waals surface area (Å²) in [5.74, 6) is 0.248. The Morgan fingerprint density at radius 1 is 1.47 bits per heavy atom. The van der Waals surface area contributed by atoms with E-state index in [1.165, 1.54) is 12.1 Å². The molecule has 0 bridgehead atoms. The van der Waals surface area contributed by atoms with Gasteiger partial charge in [0, 0.05) is 12.7 Å². The summed E-state index contributed by atoms with van der Waals surface area (Å²) in [6, 6.07) is 5.50. The van der Waals surface area contributed by atoms with Gasteiger partial charge in [0.1, 0.15) is 5.56 Å². The highest BCUT2D eigenvalue weighted by atomic mass is 16.6. The molecule has 0 spiro atoms. The van der Waals surface area contributed by atoms with Gasteiger partial charge in [0.25, 0.3) is 5.69 Å². The van der Waals surface area contributed by atoms with E-state index in [-0.39, 0.29) is 36.0 Å². The van der Waals surface area contributed by atoms with E-state index in [1.54, 1.807) is 12.1 Å². The molecule has 1 atom stereocenters. The van der Waals surface area contributed by atoms with Crippen LogP contribution in [0.3, 0.4) is 0 Å². The molecule has 19 heavy (non-hydrogen) atoms. The van der Waals surface area contributed by atoms with Crippen LogP contribution >= 0.6 is 0 Å². The van der Waals surface area contributed by atoms with Crippen molar-refractivity contribution < 1.29 is 14.6 Å². The van der Waals surface area contributed by atoms with Crippen molar-refractivity contribution in [1.29, 1.82) is 0 Å². The monoisotopic (exact) mass is 264 g/mol. The van der Waals surface area contributed by atoms with E-state index >= 15 is 0 Å². The third-order valence-electron chi connectivity index (χ3n) is 2.54. The third kappa shape index (κ3) is 2.75. The molecule has 8 nitrogen and oxygen atoms in total. The molecule has 1 aromatic carbocycles. The van der Waals surface area contributed by atoms with Crippen molar-refractivity contribution in [3.63, 3.8) is 0 Å². The quantitative estimate of drug-likeness (QED) is 0.609. The highest BCUT2D eigenvalue weighted by molar-refractivity contribution is 5.67. The number of nitrogens with two attached hydrogens (primary N) is 1. The second-order valence-corrected chi connectivity index (χ2v) is 3.85. The zero-order valence-electron chi connectivity index (χ0n) is 9.89. The first-order valence-corrected chi connectivity index (χ1v) is 5.57. The molecule has 0 aliphatic heterocycles. The van der Waals surface area contributed by atoms with Crippen molar-refractivity contribution in [2.45, 2.75) is 12.5 Å². The molecule has 8 heteroatoms. The molecule has 1 unspecified atom stereocenters. The molecule has 2 rings (SSSR count). The Morgan fingerprint density at radius 2 is 2.21 bits per heavy atom. The number of hydrogen-bond acceptors (Lipinski definition) is 7. The Kier molecular flexibility index (Phi) is 3.83. The topological polar surface area (TPSA) is 128 Å². The maximum absolute atomic E-state index is 10.9. The second-order valence-electron chi connectivity index (χ2n) is 3.85. The number of nitro benzene ring substituents is 1. The van der Waals surface area contributed by atoms with Crippen molar-refractivity contribution in [2.24, 2.45) is 5.73 Å². The zero-order valence-corrected chi connectivity index (χ0v) is 9.89. The van der Waals surface area contributed by atoms with E-state index < -0.39 is 11.0 Å². The van der Waals surface area contributed by atoms with Crippen LogP contribution in [0, 0.1) is 10.1 Å². The first-order chi connectivity index (χ1) is 9.13. The van der Waals surface area contributed by atoms with Gasteiger partial charge in [0.2, 0.25) is 11.7 Å². The lowest BCUT2D eigenvalue weighted by molar-refractivity contribution is -0.384. The molecule has 0 saturated carbocycles. The molecule has 1 heterocycles. The molecule has 1 aromatic heterocycles. The number of para-hydroxylation sites is 1. The molecule has 3 N–H and O–H groups in total. The first kappa shape index (κ1) is 13.1. The van der Waals surface area contributed by atoms with Gasteiger partial charge in [-0.1, -0.05) is 17.3 Å². The van der Waals surface area contributed by atoms with Gasteiger partial charge < -0.3 is 15.4 Å². The van der Waals surface area contributed by atoms with Crippen molar-refractivity contribution in [1.82, 2.24) is 10.1 Å². The first-order valence-electron chi connectivity index (χ1n) is 5.57. The zero-order chi connectivity index (χ0) is 13.8. The normalized spacial score (nSPS) is 12.3. The molecular formula is C11H12N4O4. The van der Waals surface area contributed by atoms with Crippen molar-refractivity contribution in [3.05, 3.63) is 40.3 Å². The molecule has 0 aliphatic rings. The van der Waals surface area contributed by atoms with Crippen LogP contribution in [0.25, 0.3) is 11.4 Å². The Morgan fingerprint density at radius 3 is 2.89 bits per heavy atom. The SMILES string of the molecule is NC(CCO)c1nc(-c2ccccc2[N+](=O)[O-])no1. The molecule has 0 aliphatic carbocycles. The molecule has 0 amide bonds. The van der Waals surface area contributed by atoms with Crippen LogP contribution in [0.2, 0.25) is 0 Å². The summed E-state index contributed by atoms with van der Waals surface area (Å²) in [7, 11) is 0. The van der Waals surface area contributed by atoms with Crippen molar-refractivity contribution in [2.75, 3.05) is 6.61 Å². The van der Waals surface area contributed by atoms with Crippen LogP contribution in [0.4, 0.5) is 5.69 Å². The smallest absolute Gasteiger partial charge is 0.280 e. The van der Waals surface area contributed by atoms with Gasteiger partial charge >= 0.3 is 0 Å². The molecule has 0 fully saturated rings. The van der Waals surface area contributed by atoms with Gasteiger partial charge in [-0.2, -0.15) is 4.98 Å².